The fourth-order valence-electron chi connectivity index (χ4n) is 9.32. The largest absolute Gasteiger partial charge is 0.381 e. The van der Waals surface area contributed by atoms with Crippen LogP contribution in [0.1, 0.15) is 188 Å². The normalized spacial score (nSPS) is 11.6. The fraction of sp³-hybridized carbons (Fsp3) is 0.976. The summed E-state index contributed by atoms with van der Waals surface area (Å²) < 4.78 is 141. The molecule has 27 nitrogen and oxygen atoms in total. The molecule has 0 radical (unpaired) electrons. The van der Waals surface area contributed by atoms with Crippen LogP contribution in [0.25, 0.3) is 0 Å². The van der Waals surface area contributed by atoms with Gasteiger partial charge in [0.15, 0.2) is 0 Å². The first kappa shape index (κ1) is 113. The van der Waals surface area contributed by atoms with Crippen LogP contribution in [0, 0.1) is 0 Å². The van der Waals surface area contributed by atoms with Gasteiger partial charge in [-0.15, -0.1) is 0 Å². The van der Waals surface area contributed by atoms with Crippen LogP contribution in [0.2, 0.25) is 0 Å². The summed E-state index contributed by atoms with van der Waals surface area (Å²) in [5.74, 6) is 2.76. The summed E-state index contributed by atoms with van der Waals surface area (Å²) in [7, 11) is 3.85. The monoisotopic (exact) mass is 1660 g/mol. The first-order valence-corrected chi connectivity index (χ1v) is 45.7. The zero-order valence-corrected chi connectivity index (χ0v) is 72.9. The van der Waals surface area contributed by atoms with Gasteiger partial charge in [-0.2, -0.15) is 0 Å². The van der Waals surface area contributed by atoms with E-state index in [1.165, 1.54) is 11.5 Å². The number of carbonyl (C=O) groups is 2. The van der Waals surface area contributed by atoms with E-state index in [0.717, 1.165) is 148 Å². The molecule has 0 heterocycles. The molecule has 0 aromatic carbocycles. The van der Waals surface area contributed by atoms with Gasteiger partial charge in [0.05, 0.1) is 26.4 Å². The third kappa shape index (κ3) is 115. The Morgan fingerprint density at radius 3 is 0.312 bits per heavy atom. The van der Waals surface area contributed by atoms with E-state index >= 15 is 0 Å². The van der Waals surface area contributed by atoms with Crippen molar-refractivity contribution in [3.05, 3.63) is 0 Å². The van der Waals surface area contributed by atoms with Gasteiger partial charge < -0.3 is 118 Å². The predicted octanol–water partition coefficient (Wildman–Crippen LogP) is 12.7. The first-order valence-electron chi connectivity index (χ1n) is 43.2. The summed E-state index contributed by atoms with van der Waals surface area (Å²) in [6, 6.07) is 0. The Morgan fingerprint density at radius 2 is 0.223 bits per heavy atom. The molecular weight excluding hydrogens is 1490 g/mol. The van der Waals surface area contributed by atoms with E-state index in [4.69, 9.17) is 118 Å². The minimum atomic E-state index is 0.140. The molecule has 0 aromatic rings. The third-order valence-electron chi connectivity index (χ3n) is 15.2. The van der Waals surface area contributed by atoms with Crippen molar-refractivity contribution in [3.8, 4) is 0 Å². The van der Waals surface area contributed by atoms with Gasteiger partial charge in [-0.1, -0.05) is 35.4 Å². The molecule has 0 spiro atoms. The van der Waals surface area contributed by atoms with Crippen molar-refractivity contribution >= 4 is 33.2 Å². The summed E-state index contributed by atoms with van der Waals surface area (Å²) in [5, 5.41) is 0. The van der Waals surface area contributed by atoms with Crippen LogP contribution in [-0.2, 0) is 128 Å². The van der Waals surface area contributed by atoms with E-state index in [1.807, 2.05) is 21.6 Å². The Kier molecular flexibility index (Phi) is 111. The summed E-state index contributed by atoms with van der Waals surface area (Å²) in [4.78, 5) is 21.7. The lowest BCUT2D eigenvalue weighted by Crippen LogP contribution is -2.09. The van der Waals surface area contributed by atoms with Crippen LogP contribution in [0.4, 0.5) is 0 Å². The van der Waals surface area contributed by atoms with Crippen LogP contribution < -0.4 is 0 Å². The van der Waals surface area contributed by atoms with Crippen LogP contribution in [-0.4, -0.2) is 353 Å². The predicted molar refractivity (Wildman–Crippen MR) is 444 cm³/mol. The van der Waals surface area contributed by atoms with Gasteiger partial charge in [0.2, 0.25) is 0 Å². The van der Waals surface area contributed by atoms with Gasteiger partial charge in [-0.25, -0.2) is 0 Å². The van der Waals surface area contributed by atoms with Gasteiger partial charge in [-0.05, 0) is 162 Å². The smallest absolute Gasteiger partial charge is 0.132 e. The molecule has 672 valence electrons. The minimum absolute atomic E-state index is 0.140. The molecule has 0 aliphatic carbocycles. The van der Waals surface area contributed by atoms with E-state index in [9.17, 15) is 9.59 Å². The standard InChI is InChI=1S/C79H156O27.C4H10S2/c1-78(80)26-74-104-72-24-70-102-68-22-66-100-64-20-62-98-60-18-58-96-56-16-54-94-52-14-50-92-48-12-46-90-44-10-42-88-40-8-38-86-36-6-34-84-32-4-30-82-28-3-29-83-31-5-33-85-35-7-37-87-39-9-41-89-43-11-45-91-47-13-49-93-51-15-53-95-55-17-57-97-59-19-61-99-63-21-65-101-67-23-69-103-71-25-73-105-76-77-106-75-27-79(2)81;1-3-5-6-4-2/h3-77H2,1-2H3;3-4H2,1-2H3. The maximum atomic E-state index is 10.9. The fourth-order valence-corrected chi connectivity index (χ4v) is 10.7. The topological polar surface area (TPSA) is 265 Å². The second-order valence-corrected chi connectivity index (χ2v) is 29.2. The van der Waals surface area contributed by atoms with Gasteiger partial charge in [0.25, 0.3) is 0 Å². The Bertz CT molecular complexity index is 1570. The Hall–Kier alpha value is -0.960. The molecule has 112 heavy (non-hydrogen) atoms. The van der Waals surface area contributed by atoms with Crippen LogP contribution in [0.15, 0.2) is 0 Å². The number of Topliss-reactive ketones (excluding diaryl/α,β-unsaturated/α-hetero) is 2. The molecule has 0 fully saturated rings. The summed E-state index contributed by atoms with van der Waals surface area (Å²) >= 11 is 0. The van der Waals surface area contributed by atoms with E-state index in [1.54, 1.807) is 13.8 Å². The SMILES string of the molecule is CC(=O)CCOCCCOCCCOCCCOCCCOCCCOCCCOCCCOCCCOCCCOCCCOCCCOCCCOCCCOCCCOCCCOCCCOCCCOCCCOCCCOCCCOCCCOCCCOCCCOCCOCCC(C)=O.CCSSCC. The van der Waals surface area contributed by atoms with E-state index in [0.29, 0.717) is 343 Å². The Labute approximate surface area is 687 Å². The number of hydrogen-bond acceptors (Lipinski definition) is 29. The second kappa shape index (κ2) is 110. The first-order chi connectivity index (χ1) is 55.5. The van der Waals surface area contributed by atoms with Gasteiger partial charge >= 0.3 is 0 Å². The molecule has 29 heteroatoms. The molecule has 0 N–H and O–H groups in total. The molecule has 0 saturated heterocycles. The number of carbonyl (C=O) groups excluding carboxylic acids is 2. The molecule has 0 aromatic heterocycles. The molecule has 0 amide bonds. The Balaban J connectivity index is 0. The number of ketones is 2. The number of rotatable bonds is 104. The number of hydrogen-bond donors (Lipinski definition) is 0. The lowest BCUT2D eigenvalue weighted by atomic mass is 10.3. The van der Waals surface area contributed by atoms with Crippen molar-refractivity contribution < 1.29 is 128 Å². The van der Waals surface area contributed by atoms with Crippen molar-refractivity contribution in [2.45, 2.75) is 188 Å². The van der Waals surface area contributed by atoms with E-state index in [-0.39, 0.29) is 11.6 Å². The summed E-state index contributed by atoms with van der Waals surface area (Å²) in [5.41, 5.74) is 0. The zero-order valence-electron chi connectivity index (χ0n) is 71.3. The average molecular weight is 1660 g/mol. The molecule has 0 saturated carbocycles. The maximum absolute atomic E-state index is 10.9. The quantitative estimate of drug-likeness (QED) is 0.0404. The lowest BCUT2D eigenvalue weighted by molar-refractivity contribution is -0.119. The summed E-state index contributed by atoms with van der Waals surface area (Å²) in [6.45, 7) is 41.2. The molecular formula is C83H166O27S2. The van der Waals surface area contributed by atoms with Crippen molar-refractivity contribution in [1.29, 1.82) is 0 Å². The minimum Gasteiger partial charge on any atom is -0.381 e. The van der Waals surface area contributed by atoms with Crippen LogP contribution in [0.5, 0.6) is 0 Å². The zero-order chi connectivity index (χ0) is 80.7. The van der Waals surface area contributed by atoms with Crippen LogP contribution >= 0.6 is 21.6 Å². The Morgan fingerprint density at radius 1 is 0.143 bits per heavy atom. The highest BCUT2D eigenvalue weighted by molar-refractivity contribution is 8.76. The molecule has 0 unspecified atom stereocenters. The highest BCUT2D eigenvalue weighted by atomic mass is 33.1. The number of ether oxygens (including phenoxy) is 25. The highest BCUT2D eigenvalue weighted by Gasteiger charge is 2.04. The molecule has 0 atom stereocenters. The van der Waals surface area contributed by atoms with Crippen molar-refractivity contribution in [2.24, 2.45) is 0 Å². The highest BCUT2D eigenvalue weighted by Crippen LogP contribution is 2.18. The molecule has 0 rings (SSSR count). The second-order valence-electron chi connectivity index (χ2n) is 26.2. The van der Waals surface area contributed by atoms with Gasteiger partial charge in [0.1, 0.15) is 11.6 Å². The molecule has 0 aliphatic heterocycles. The van der Waals surface area contributed by atoms with E-state index in [2.05, 4.69) is 13.8 Å². The van der Waals surface area contributed by atoms with Gasteiger partial charge in [0, 0.05) is 328 Å². The summed E-state index contributed by atoms with van der Waals surface area (Å²) in [6.07, 6.45) is 21.1. The van der Waals surface area contributed by atoms with E-state index < -0.39 is 0 Å². The maximum Gasteiger partial charge on any atom is 0.132 e. The lowest BCUT2D eigenvalue weighted by Gasteiger charge is -2.08. The van der Waals surface area contributed by atoms with Crippen molar-refractivity contribution in [1.82, 2.24) is 0 Å². The molecule has 0 bridgehead atoms. The van der Waals surface area contributed by atoms with Crippen LogP contribution in [0.3, 0.4) is 0 Å². The molecule has 0 aliphatic rings. The van der Waals surface area contributed by atoms with Gasteiger partial charge in [-0.3, -0.25) is 9.59 Å². The third-order valence-corrected chi connectivity index (χ3v) is 17.7. The van der Waals surface area contributed by atoms with Crippen molar-refractivity contribution in [3.63, 3.8) is 0 Å². The average Bonchev–Trinajstić information content (AvgIpc) is 3.16. The van der Waals surface area contributed by atoms with Crippen molar-refractivity contribution in [2.75, 3.05) is 342 Å².